The average Bonchev–Trinajstić information content (AvgIpc) is 2.73. The summed E-state index contributed by atoms with van der Waals surface area (Å²) in [5.41, 5.74) is -0.312. The molecular formula is C21H28N6O5S. The van der Waals surface area contributed by atoms with Crippen molar-refractivity contribution in [1.82, 2.24) is 14.9 Å². The summed E-state index contributed by atoms with van der Waals surface area (Å²) in [6.07, 6.45) is 3.60. The first-order chi connectivity index (χ1) is 15.4. The standard InChI is InChI=1S/C21H28N6O5S/c1-21(2,3)20(28)26-11-9-15(10-12-26)25-19-17(27(29)30)18(22-13-23-19)24-14-5-7-16(8-6-14)33(4,31)32/h5-8,13,15H,9-12H2,1-4H3,(H2,22,23,24,25). The summed E-state index contributed by atoms with van der Waals surface area (Å²) >= 11 is 0. The number of benzene rings is 1. The Labute approximate surface area is 192 Å². The normalized spacial score (nSPS) is 15.2. The minimum absolute atomic E-state index is 0.00930. The van der Waals surface area contributed by atoms with Gasteiger partial charge in [-0.05, 0) is 37.1 Å². The van der Waals surface area contributed by atoms with Gasteiger partial charge in [0.1, 0.15) is 6.33 Å². The smallest absolute Gasteiger partial charge is 0.353 e. The molecule has 3 rings (SSSR count). The van der Waals surface area contributed by atoms with Gasteiger partial charge in [-0.3, -0.25) is 14.9 Å². The fourth-order valence-electron chi connectivity index (χ4n) is 3.57. The first-order valence-electron chi connectivity index (χ1n) is 10.5. The van der Waals surface area contributed by atoms with Crippen LogP contribution >= 0.6 is 0 Å². The number of hydrogen-bond acceptors (Lipinski definition) is 9. The number of aromatic nitrogens is 2. The van der Waals surface area contributed by atoms with E-state index < -0.39 is 20.2 Å². The topological polar surface area (TPSA) is 147 Å². The van der Waals surface area contributed by atoms with E-state index in [2.05, 4.69) is 20.6 Å². The highest BCUT2D eigenvalue weighted by Gasteiger charge is 2.32. The molecule has 33 heavy (non-hydrogen) atoms. The van der Waals surface area contributed by atoms with Gasteiger partial charge in [0.2, 0.25) is 17.5 Å². The molecule has 1 saturated heterocycles. The number of sulfone groups is 1. The van der Waals surface area contributed by atoms with Crippen molar-refractivity contribution in [2.75, 3.05) is 30.0 Å². The number of rotatable bonds is 6. The second-order valence-electron chi connectivity index (χ2n) is 9.06. The van der Waals surface area contributed by atoms with Gasteiger partial charge in [-0.25, -0.2) is 18.4 Å². The zero-order valence-electron chi connectivity index (χ0n) is 19.0. The van der Waals surface area contributed by atoms with Crippen LogP contribution in [0.25, 0.3) is 0 Å². The summed E-state index contributed by atoms with van der Waals surface area (Å²) < 4.78 is 23.3. The van der Waals surface area contributed by atoms with Gasteiger partial charge in [0.25, 0.3) is 0 Å². The number of carbonyl (C=O) groups excluding carboxylic acids is 1. The third kappa shape index (κ3) is 5.95. The molecule has 1 aliphatic heterocycles. The SMILES string of the molecule is CC(C)(C)C(=O)N1CCC(Nc2ncnc(Nc3ccc(S(C)(=O)=O)cc3)c2[N+](=O)[O-])CC1. The average molecular weight is 477 g/mol. The lowest BCUT2D eigenvalue weighted by atomic mass is 9.93. The summed E-state index contributed by atoms with van der Waals surface area (Å²) in [6, 6.07) is 5.77. The second-order valence-corrected chi connectivity index (χ2v) is 11.1. The minimum atomic E-state index is -3.35. The third-order valence-corrected chi connectivity index (χ3v) is 6.44. The zero-order chi connectivity index (χ0) is 24.4. The maximum Gasteiger partial charge on any atom is 0.353 e. The van der Waals surface area contributed by atoms with E-state index in [4.69, 9.17) is 0 Å². The first-order valence-corrected chi connectivity index (χ1v) is 12.4. The molecule has 0 bridgehead atoms. The molecule has 2 aromatic rings. The summed E-state index contributed by atoms with van der Waals surface area (Å²) in [6.45, 7) is 6.77. The number of amides is 1. The number of piperidine rings is 1. The molecule has 0 radical (unpaired) electrons. The second kappa shape index (κ2) is 9.30. The summed E-state index contributed by atoms with van der Waals surface area (Å²) in [5.74, 6) is 0.165. The van der Waals surface area contributed by atoms with E-state index in [1.54, 1.807) is 0 Å². The predicted molar refractivity (Wildman–Crippen MR) is 124 cm³/mol. The van der Waals surface area contributed by atoms with Crippen LogP contribution in [0.4, 0.5) is 23.0 Å². The van der Waals surface area contributed by atoms with Gasteiger partial charge in [0.15, 0.2) is 9.84 Å². The van der Waals surface area contributed by atoms with E-state index in [1.165, 1.54) is 30.6 Å². The molecule has 1 amide bonds. The number of hydrogen-bond donors (Lipinski definition) is 2. The molecule has 178 valence electrons. The molecule has 1 aromatic carbocycles. The predicted octanol–water partition coefficient (Wildman–Crippen LogP) is 2.98. The highest BCUT2D eigenvalue weighted by molar-refractivity contribution is 7.90. The Morgan fingerprint density at radius 3 is 2.21 bits per heavy atom. The number of nitrogens with zero attached hydrogens (tertiary/aromatic N) is 4. The van der Waals surface area contributed by atoms with Crippen LogP contribution in [0, 0.1) is 15.5 Å². The van der Waals surface area contributed by atoms with Gasteiger partial charge in [-0.15, -0.1) is 0 Å². The van der Waals surface area contributed by atoms with E-state index in [1.807, 2.05) is 25.7 Å². The van der Waals surface area contributed by atoms with E-state index >= 15 is 0 Å². The molecule has 0 saturated carbocycles. The fraction of sp³-hybridized carbons (Fsp3) is 0.476. The summed E-state index contributed by atoms with van der Waals surface area (Å²) in [5, 5.41) is 17.8. The molecule has 0 unspecified atom stereocenters. The maximum atomic E-state index is 12.5. The van der Waals surface area contributed by atoms with Crippen LogP contribution in [0.15, 0.2) is 35.5 Å². The summed E-state index contributed by atoms with van der Waals surface area (Å²) in [7, 11) is -3.35. The Morgan fingerprint density at radius 2 is 1.70 bits per heavy atom. The van der Waals surface area contributed by atoms with Crippen molar-refractivity contribution in [3.05, 3.63) is 40.7 Å². The van der Waals surface area contributed by atoms with Crippen LogP contribution in [0.5, 0.6) is 0 Å². The van der Waals surface area contributed by atoms with E-state index in [9.17, 15) is 23.3 Å². The monoisotopic (exact) mass is 476 g/mol. The van der Waals surface area contributed by atoms with Gasteiger partial charge in [0.05, 0.1) is 9.82 Å². The Bertz CT molecular complexity index is 1140. The molecule has 11 nitrogen and oxygen atoms in total. The Balaban J connectivity index is 1.75. The van der Waals surface area contributed by atoms with E-state index in [0.717, 1.165) is 6.26 Å². The summed E-state index contributed by atoms with van der Waals surface area (Å²) in [4.78, 5) is 33.8. The Hall–Kier alpha value is -3.28. The highest BCUT2D eigenvalue weighted by atomic mass is 32.2. The molecule has 0 spiro atoms. The van der Waals surface area contributed by atoms with Crippen molar-refractivity contribution < 1.29 is 18.1 Å². The van der Waals surface area contributed by atoms with Crippen molar-refractivity contribution in [2.45, 2.75) is 44.6 Å². The first kappa shape index (κ1) is 24.4. The van der Waals surface area contributed by atoms with Gasteiger partial charge in [0, 0.05) is 36.5 Å². The lowest BCUT2D eigenvalue weighted by Crippen LogP contribution is -2.46. The van der Waals surface area contributed by atoms with Crippen molar-refractivity contribution in [2.24, 2.45) is 5.41 Å². The molecule has 0 aliphatic carbocycles. The zero-order valence-corrected chi connectivity index (χ0v) is 19.8. The largest absolute Gasteiger partial charge is 0.361 e. The van der Waals surface area contributed by atoms with Crippen LogP contribution < -0.4 is 10.6 Å². The van der Waals surface area contributed by atoms with Crippen molar-refractivity contribution in [3.63, 3.8) is 0 Å². The molecule has 0 atom stereocenters. The van der Waals surface area contributed by atoms with E-state index in [0.29, 0.717) is 31.6 Å². The van der Waals surface area contributed by atoms with Crippen LogP contribution in [0.1, 0.15) is 33.6 Å². The van der Waals surface area contributed by atoms with Crippen molar-refractivity contribution in [3.8, 4) is 0 Å². The van der Waals surface area contributed by atoms with E-state index in [-0.39, 0.29) is 34.2 Å². The molecule has 1 fully saturated rings. The van der Waals surface area contributed by atoms with Gasteiger partial charge in [-0.1, -0.05) is 20.8 Å². The quantitative estimate of drug-likeness (QED) is 0.474. The number of anilines is 3. The molecule has 12 heteroatoms. The number of carbonyl (C=O) groups is 1. The molecule has 1 aliphatic rings. The van der Waals surface area contributed by atoms with Crippen LogP contribution in [-0.4, -0.2) is 59.5 Å². The Kier molecular flexibility index (Phi) is 6.86. The van der Waals surface area contributed by atoms with Gasteiger partial charge >= 0.3 is 5.69 Å². The lowest BCUT2D eigenvalue weighted by Gasteiger charge is -2.36. The molecule has 2 heterocycles. The van der Waals surface area contributed by atoms with Gasteiger partial charge in [-0.2, -0.15) is 0 Å². The van der Waals surface area contributed by atoms with Gasteiger partial charge < -0.3 is 15.5 Å². The third-order valence-electron chi connectivity index (χ3n) is 5.31. The fourth-order valence-corrected chi connectivity index (χ4v) is 4.20. The number of nitrogens with one attached hydrogen (secondary N) is 2. The minimum Gasteiger partial charge on any atom is -0.361 e. The molecule has 2 N–H and O–H groups in total. The lowest BCUT2D eigenvalue weighted by molar-refractivity contribution is -0.383. The molecular weight excluding hydrogens is 448 g/mol. The van der Waals surface area contributed by atoms with Crippen molar-refractivity contribution in [1.29, 1.82) is 0 Å². The molecule has 1 aromatic heterocycles. The number of likely N-dealkylation sites (tertiary alicyclic amines) is 1. The van der Waals surface area contributed by atoms with Crippen LogP contribution in [0.3, 0.4) is 0 Å². The maximum absolute atomic E-state index is 12.5. The highest BCUT2D eigenvalue weighted by Crippen LogP contribution is 2.33. The van der Waals surface area contributed by atoms with Crippen LogP contribution in [0.2, 0.25) is 0 Å². The van der Waals surface area contributed by atoms with Crippen molar-refractivity contribution >= 4 is 38.8 Å². The number of nitro groups is 1. The Morgan fingerprint density at radius 1 is 1.12 bits per heavy atom. The van der Waals surface area contributed by atoms with Crippen LogP contribution in [-0.2, 0) is 14.6 Å².